The number of aromatic nitrogens is 1. The minimum absolute atomic E-state index is 0.781. The summed E-state index contributed by atoms with van der Waals surface area (Å²) in [5.41, 5.74) is 2.35. The molecule has 0 saturated carbocycles. The largest absolute Gasteiger partial charge is 0.380 e. The second kappa shape index (κ2) is 7.87. The SMILES string of the molecule is CCCCOCCNCc1ccnc2ccccc12. The molecule has 1 N–H and O–H groups in total. The standard InChI is InChI=1S/C16H22N2O/c1-2-3-11-19-12-10-17-13-14-8-9-18-16-7-5-4-6-15(14)16/h4-9,17H,2-3,10-13H2,1H3. The van der Waals surface area contributed by atoms with Gasteiger partial charge in [-0.3, -0.25) is 4.98 Å². The Balaban J connectivity index is 1.78. The fourth-order valence-corrected chi connectivity index (χ4v) is 2.03. The normalized spacial score (nSPS) is 11.0. The summed E-state index contributed by atoms with van der Waals surface area (Å²) in [6.07, 6.45) is 4.21. The number of rotatable bonds is 8. The number of hydrogen-bond donors (Lipinski definition) is 1. The molecule has 19 heavy (non-hydrogen) atoms. The van der Waals surface area contributed by atoms with Crippen molar-refractivity contribution >= 4 is 10.9 Å². The first-order chi connectivity index (χ1) is 9.42. The van der Waals surface area contributed by atoms with E-state index < -0.39 is 0 Å². The number of benzene rings is 1. The predicted octanol–water partition coefficient (Wildman–Crippen LogP) is 3.14. The van der Waals surface area contributed by atoms with Crippen LogP contribution in [0.4, 0.5) is 0 Å². The Morgan fingerprint density at radius 1 is 1.16 bits per heavy atom. The number of pyridine rings is 1. The average Bonchev–Trinajstić information content (AvgIpc) is 2.46. The maximum absolute atomic E-state index is 5.52. The van der Waals surface area contributed by atoms with Crippen LogP contribution in [0, 0.1) is 0 Å². The number of nitrogens with one attached hydrogen (secondary N) is 1. The monoisotopic (exact) mass is 258 g/mol. The molecule has 3 nitrogen and oxygen atoms in total. The van der Waals surface area contributed by atoms with E-state index in [1.165, 1.54) is 17.4 Å². The summed E-state index contributed by atoms with van der Waals surface area (Å²) >= 11 is 0. The summed E-state index contributed by atoms with van der Waals surface area (Å²) in [4.78, 5) is 4.37. The lowest BCUT2D eigenvalue weighted by Crippen LogP contribution is -2.19. The molecule has 0 spiro atoms. The van der Waals surface area contributed by atoms with Gasteiger partial charge in [-0.25, -0.2) is 0 Å². The van der Waals surface area contributed by atoms with E-state index in [4.69, 9.17) is 4.74 Å². The van der Waals surface area contributed by atoms with E-state index in [9.17, 15) is 0 Å². The number of fused-ring (bicyclic) bond motifs is 1. The van der Waals surface area contributed by atoms with Crippen molar-refractivity contribution in [2.45, 2.75) is 26.3 Å². The Morgan fingerprint density at radius 2 is 2.05 bits per heavy atom. The maximum Gasteiger partial charge on any atom is 0.0705 e. The molecule has 102 valence electrons. The van der Waals surface area contributed by atoms with Crippen LogP contribution >= 0.6 is 0 Å². The van der Waals surface area contributed by atoms with Gasteiger partial charge in [-0.1, -0.05) is 31.5 Å². The third-order valence-corrected chi connectivity index (χ3v) is 3.12. The lowest BCUT2D eigenvalue weighted by molar-refractivity contribution is 0.133. The highest BCUT2D eigenvalue weighted by Crippen LogP contribution is 2.15. The predicted molar refractivity (Wildman–Crippen MR) is 79.2 cm³/mol. The fraction of sp³-hybridized carbons (Fsp3) is 0.438. The second-order valence-electron chi connectivity index (χ2n) is 4.63. The molecule has 0 aliphatic rings. The Morgan fingerprint density at radius 3 is 2.95 bits per heavy atom. The van der Waals surface area contributed by atoms with Gasteiger partial charge >= 0.3 is 0 Å². The number of para-hydroxylation sites is 1. The van der Waals surface area contributed by atoms with Crippen LogP contribution in [0.5, 0.6) is 0 Å². The van der Waals surface area contributed by atoms with Gasteiger partial charge in [0, 0.05) is 31.3 Å². The Hall–Kier alpha value is -1.45. The number of ether oxygens (including phenoxy) is 1. The zero-order valence-corrected chi connectivity index (χ0v) is 11.6. The summed E-state index contributed by atoms with van der Waals surface area (Å²) in [5, 5.41) is 4.64. The van der Waals surface area contributed by atoms with Crippen molar-refractivity contribution in [3.63, 3.8) is 0 Å². The highest BCUT2D eigenvalue weighted by atomic mass is 16.5. The number of nitrogens with zero attached hydrogens (tertiary/aromatic N) is 1. The first kappa shape index (κ1) is 14.0. The molecule has 0 fully saturated rings. The first-order valence-corrected chi connectivity index (χ1v) is 7.03. The molecule has 0 aliphatic carbocycles. The van der Waals surface area contributed by atoms with E-state index in [0.717, 1.165) is 38.2 Å². The van der Waals surface area contributed by atoms with Crippen molar-refractivity contribution in [2.75, 3.05) is 19.8 Å². The topological polar surface area (TPSA) is 34.1 Å². The molecule has 0 atom stereocenters. The first-order valence-electron chi connectivity index (χ1n) is 7.03. The molecule has 3 heteroatoms. The summed E-state index contributed by atoms with van der Waals surface area (Å²) < 4.78 is 5.52. The third kappa shape index (κ3) is 4.30. The summed E-state index contributed by atoms with van der Waals surface area (Å²) in [6, 6.07) is 10.3. The number of unbranched alkanes of at least 4 members (excludes halogenated alkanes) is 1. The Kier molecular flexibility index (Phi) is 5.79. The molecule has 2 rings (SSSR count). The van der Waals surface area contributed by atoms with Gasteiger partial charge in [0.2, 0.25) is 0 Å². The molecule has 0 bridgehead atoms. The molecule has 1 aromatic carbocycles. The molecule has 0 aliphatic heterocycles. The molecule has 0 amide bonds. The van der Waals surface area contributed by atoms with Gasteiger partial charge in [0.25, 0.3) is 0 Å². The van der Waals surface area contributed by atoms with E-state index >= 15 is 0 Å². The third-order valence-electron chi connectivity index (χ3n) is 3.12. The second-order valence-corrected chi connectivity index (χ2v) is 4.63. The van der Waals surface area contributed by atoms with E-state index in [1.807, 2.05) is 18.3 Å². The van der Waals surface area contributed by atoms with Crippen LogP contribution < -0.4 is 5.32 Å². The van der Waals surface area contributed by atoms with Crippen LogP contribution in [0.3, 0.4) is 0 Å². The van der Waals surface area contributed by atoms with Gasteiger partial charge in [-0.15, -0.1) is 0 Å². The molecule has 2 aromatic rings. The van der Waals surface area contributed by atoms with Crippen LogP contribution in [-0.2, 0) is 11.3 Å². The highest BCUT2D eigenvalue weighted by molar-refractivity contribution is 5.81. The van der Waals surface area contributed by atoms with Crippen LogP contribution in [-0.4, -0.2) is 24.7 Å². The summed E-state index contributed by atoms with van der Waals surface area (Å²) in [5.74, 6) is 0. The molecule has 1 heterocycles. The minimum Gasteiger partial charge on any atom is -0.380 e. The molecule has 1 aromatic heterocycles. The van der Waals surface area contributed by atoms with E-state index in [2.05, 4.69) is 35.4 Å². The molecule has 0 radical (unpaired) electrons. The van der Waals surface area contributed by atoms with Crippen LogP contribution in [0.15, 0.2) is 36.5 Å². The maximum atomic E-state index is 5.52. The Labute approximate surface area is 115 Å². The van der Waals surface area contributed by atoms with E-state index in [0.29, 0.717) is 0 Å². The lowest BCUT2D eigenvalue weighted by Gasteiger charge is -2.08. The minimum atomic E-state index is 0.781. The van der Waals surface area contributed by atoms with Crippen LogP contribution in [0.2, 0.25) is 0 Å². The van der Waals surface area contributed by atoms with Crippen LogP contribution in [0.1, 0.15) is 25.3 Å². The highest BCUT2D eigenvalue weighted by Gasteiger charge is 2.00. The molecular formula is C16H22N2O. The van der Waals surface area contributed by atoms with Gasteiger partial charge < -0.3 is 10.1 Å². The zero-order valence-electron chi connectivity index (χ0n) is 11.6. The van der Waals surface area contributed by atoms with Crippen molar-refractivity contribution in [3.05, 3.63) is 42.1 Å². The smallest absolute Gasteiger partial charge is 0.0705 e. The molecular weight excluding hydrogens is 236 g/mol. The van der Waals surface area contributed by atoms with Crippen molar-refractivity contribution in [3.8, 4) is 0 Å². The van der Waals surface area contributed by atoms with Gasteiger partial charge in [0.15, 0.2) is 0 Å². The quantitative estimate of drug-likeness (QED) is 0.739. The van der Waals surface area contributed by atoms with Crippen molar-refractivity contribution in [1.82, 2.24) is 10.3 Å². The van der Waals surface area contributed by atoms with E-state index in [1.54, 1.807) is 0 Å². The van der Waals surface area contributed by atoms with Gasteiger partial charge in [-0.2, -0.15) is 0 Å². The zero-order chi connectivity index (χ0) is 13.3. The van der Waals surface area contributed by atoms with Crippen LogP contribution in [0.25, 0.3) is 10.9 Å². The van der Waals surface area contributed by atoms with Gasteiger partial charge in [0.1, 0.15) is 0 Å². The average molecular weight is 258 g/mol. The lowest BCUT2D eigenvalue weighted by atomic mass is 10.1. The van der Waals surface area contributed by atoms with Gasteiger partial charge in [-0.05, 0) is 24.1 Å². The fourth-order valence-electron chi connectivity index (χ4n) is 2.03. The number of hydrogen-bond acceptors (Lipinski definition) is 3. The molecule has 0 unspecified atom stereocenters. The summed E-state index contributed by atoms with van der Waals surface area (Å²) in [7, 11) is 0. The summed E-state index contributed by atoms with van der Waals surface area (Å²) in [6.45, 7) is 5.58. The van der Waals surface area contributed by atoms with E-state index in [-0.39, 0.29) is 0 Å². The van der Waals surface area contributed by atoms with Crippen molar-refractivity contribution in [1.29, 1.82) is 0 Å². The van der Waals surface area contributed by atoms with Gasteiger partial charge in [0.05, 0.1) is 12.1 Å². The Bertz CT molecular complexity index is 494. The van der Waals surface area contributed by atoms with Crippen molar-refractivity contribution < 1.29 is 4.74 Å². The molecule has 0 saturated heterocycles. The van der Waals surface area contributed by atoms with Crippen molar-refractivity contribution in [2.24, 2.45) is 0 Å².